The molecule has 1 aliphatic heterocycles. The Kier molecular flexibility index (Phi) is 4.72. The van der Waals surface area contributed by atoms with Gasteiger partial charge in [-0.1, -0.05) is 19.1 Å². The summed E-state index contributed by atoms with van der Waals surface area (Å²) in [5, 5.41) is 10.2. The Morgan fingerprint density at radius 1 is 1.28 bits per heavy atom. The van der Waals surface area contributed by atoms with Gasteiger partial charge in [0, 0.05) is 0 Å². The van der Waals surface area contributed by atoms with Crippen LogP contribution in [-0.4, -0.2) is 29.6 Å². The molecule has 1 N–H and O–H groups in total. The smallest absolute Gasteiger partial charge is 0.123 e. The highest BCUT2D eigenvalue weighted by atomic mass is 19.1. The number of benzene rings is 1. The summed E-state index contributed by atoms with van der Waals surface area (Å²) in [7, 11) is 0. The Morgan fingerprint density at radius 2 is 1.89 bits per heavy atom. The van der Waals surface area contributed by atoms with E-state index < -0.39 is 6.10 Å². The molecule has 100 valence electrons. The van der Waals surface area contributed by atoms with Gasteiger partial charge in [-0.3, -0.25) is 0 Å². The average Bonchev–Trinajstić information content (AvgIpc) is 2.40. The first-order valence-corrected chi connectivity index (χ1v) is 6.85. The molecule has 0 spiro atoms. The summed E-state index contributed by atoms with van der Waals surface area (Å²) in [6.07, 6.45) is 2.66. The monoisotopic (exact) mass is 251 g/mol. The van der Waals surface area contributed by atoms with Crippen LogP contribution in [-0.2, 0) is 0 Å². The molecule has 2 nitrogen and oxygen atoms in total. The Labute approximate surface area is 108 Å². The number of likely N-dealkylation sites (tertiary alicyclic amines) is 1. The van der Waals surface area contributed by atoms with Crippen LogP contribution in [0.4, 0.5) is 4.39 Å². The van der Waals surface area contributed by atoms with Gasteiger partial charge in [-0.15, -0.1) is 0 Å². The van der Waals surface area contributed by atoms with E-state index in [1.54, 1.807) is 12.1 Å². The van der Waals surface area contributed by atoms with E-state index in [1.807, 2.05) is 0 Å². The van der Waals surface area contributed by atoms with E-state index in [0.29, 0.717) is 5.92 Å². The van der Waals surface area contributed by atoms with Gasteiger partial charge >= 0.3 is 0 Å². The van der Waals surface area contributed by atoms with Crippen molar-refractivity contribution in [2.75, 3.05) is 19.6 Å². The molecule has 1 heterocycles. The van der Waals surface area contributed by atoms with Crippen LogP contribution in [0.5, 0.6) is 0 Å². The minimum atomic E-state index is -0.455. The molecule has 0 aromatic heterocycles. The Morgan fingerprint density at radius 3 is 2.44 bits per heavy atom. The highest BCUT2D eigenvalue weighted by molar-refractivity contribution is 5.18. The molecule has 1 fully saturated rings. The van der Waals surface area contributed by atoms with E-state index in [2.05, 4.69) is 11.8 Å². The van der Waals surface area contributed by atoms with Crippen LogP contribution in [0, 0.1) is 11.7 Å². The third kappa shape index (κ3) is 3.53. The molecule has 1 unspecified atom stereocenters. The second-order valence-electron chi connectivity index (χ2n) is 5.18. The van der Waals surface area contributed by atoms with Gasteiger partial charge in [0.15, 0.2) is 0 Å². The van der Waals surface area contributed by atoms with Crippen molar-refractivity contribution in [2.24, 2.45) is 5.92 Å². The SMILES string of the molecule is CCN1CCC(CC(O)c2ccc(F)cc2)CC1. The van der Waals surface area contributed by atoms with Gasteiger partial charge in [0.25, 0.3) is 0 Å². The number of rotatable bonds is 4. The minimum absolute atomic E-state index is 0.248. The quantitative estimate of drug-likeness (QED) is 0.889. The third-order valence-electron chi connectivity index (χ3n) is 3.97. The van der Waals surface area contributed by atoms with E-state index in [1.165, 1.54) is 12.1 Å². The van der Waals surface area contributed by atoms with Crippen molar-refractivity contribution in [3.05, 3.63) is 35.6 Å². The van der Waals surface area contributed by atoms with Crippen molar-refractivity contribution in [1.82, 2.24) is 4.90 Å². The molecule has 3 heteroatoms. The fraction of sp³-hybridized carbons (Fsp3) is 0.600. The lowest BCUT2D eigenvalue weighted by Gasteiger charge is -2.32. The standard InChI is InChI=1S/C15H22FNO/c1-2-17-9-7-12(8-10-17)11-15(18)13-3-5-14(16)6-4-13/h3-6,12,15,18H,2,7-11H2,1H3. The van der Waals surface area contributed by atoms with Crippen molar-refractivity contribution in [2.45, 2.75) is 32.3 Å². The predicted octanol–water partition coefficient (Wildman–Crippen LogP) is 2.98. The van der Waals surface area contributed by atoms with E-state index in [4.69, 9.17) is 0 Å². The molecular weight excluding hydrogens is 229 g/mol. The van der Waals surface area contributed by atoms with Crippen LogP contribution in [0.3, 0.4) is 0 Å². The largest absolute Gasteiger partial charge is 0.388 e. The number of hydrogen-bond donors (Lipinski definition) is 1. The van der Waals surface area contributed by atoms with Gasteiger partial charge in [0.2, 0.25) is 0 Å². The van der Waals surface area contributed by atoms with Gasteiger partial charge < -0.3 is 10.0 Å². The molecule has 1 aromatic carbocycles. The maximum Gasteiger partial charge on any atom is 0.123 e. The molecule has 0 bridgehead atoms. The summed E-state index contributed by atoms with van der Waals surface area (Å²) in [5.41, 5.74) is 0.828. The Hall–Kier alpha value is -0.930. The first kappa shape index (κ1) is 13.5. The molecule has 1 saturated heterocycles. The van der Waals surface area contributed by atoms with Crippen LogP contribution in [0.2, 0.25) is 0 Å². The summed E-state index contributed by atoms with van der Waals surface area (Å²) in [6, 6.07) is 6.19. The van der Waals surface area contributed by atoms with E-state index >= 15 is 0 Å². The summed E-state index contributed by atoms with van der Waals surface area (Å²) in [6.45, 7) is 5.58. The molecular formula is C15H22FNO. The van der Waals surface area contributed by atoms with Crippen molar-refractivity contribution >= 4 is 0 Å². The lowest BCUT2D eigenvalue weighted by molar-refractivity contribution is 0.110. The first-order valence-electron chi connectivity index (χ1n) is 6.85. The van der Waals surface area contributed by atoms with Gasteiger partial charge in [0.05, 0.1) is 6.10 Å². The molecule has 0 amide bonds. The predicted molar refractivity (Wildman–Crippen MR) is 70.8 cm³/mol. The summed E-state index contributed by atoms with van der Waals surface area (Å²) in [5.74, 6) is 0.343. The third-order valence-corrected chi connectivity index (χ3v) is 3.97. The number of hydrogen-bond acceptors (Lipinski definition) is 2. The highest BCUT2D eigenvalue weighted by Crippen LogP contribution is 2.28. The average molecular weight is 251 g/mol. The fourth-order valence-electron chi connectivity index (χ4n) is 2.68. The maximum atomic E-state index is 12.8. The molecule has 18 heavy (non-hydrogen) atoms. The minimum Gasteiger partial charge on any atom is -0.388 e. The number of aliphatic hydroxyl groups excluding tert-OH is 1. The second kappa shape index (κ2) is 6.30. The van der Waals surface area contributed by atoms with Crippen LogP contribution in [0.25, 0.3) is 0 Å². The van der Waals surface area contributed by atoms with Crippen LogP contribution in [0.1, 0.15) is 37.9 Å². The van der Waals surface area contributed by atoms with Gasteiger partial charge in [0.1, 0.15) is 5.82 Å². The maximum absolute atomic E-state index is 12.8. The summed E-state index contributed by atoms with van der Waals surface area (Å²) < 4.78 is 12.8. The molecule has 2 rings (SSSR count). The zero-order valence-corrected chi connectivity index (χ0v) is 11.0. The van der Waals surface area contributed by atoms with E-state index in [0.717, 1.165) is 44.5 Å². The zero-order chi connectivity index (χ0) is 13.0. The van der Waals surface area contributed by atoms with E-state index in [9.17, 15) is 9.50 Å². The van der Waals surface area contributed by atoms with Crippen LogP contribution < -0.4 is 0 Å². The van der Waals surface area contributed by atoms with Gasteiger partial charge in [-0.05, 0) is 62.5 Å². The molecule has 0 radical (unpaired) electrons. The topological polar surface area (TPSA) is 23.5 Å². The molecule has 1 aromatic rings. The van der Waals surface area contributed by atoms with Gasteiger partial charge in [-0.2, -0.15) is 0 Å². The lowest BCUT2D eigenvalue weighted by atomic mass is 9.89. The number of piperidine rings is 1. The molecule has 0 aliphatic carbocycles. The Balaban J connectivity index is 1.84. The van der Waals surface area contributed by atoms with Crippen molar-refractivity contribution in [3.8, 4) is 0 Å². The van der Waals surface area contributed by atoms with Crippen LogP contribution in [0.15, 0.2) is 24.3 Å². The summed E-state index contributed by atoms with van der Waals surface area (Å²) in [4.78, 5) is 2.45. The first-order chi connectivity index (χ1) is 8.69. The highest BCUT2D eigenvalue weighted by Gasteiger charge is 2.21. The number of aliphatic hydroxyl groups is 1. The molecule has 1 aliphatic rings. The van der Waals surface area contributed by atoms with Crippen molar-refractivity contribution < 1.29 is 9.50 Å². The Bertz CT molecular complexity index is 357. The molecule has 0 saturated carbocycles. The van der Waals surface area contributed by atoms with Gasteiger partial charge in [-0.25, -0.2) is 4.39 Å². The van der Waals surface area contributed by atoms with Crippen molar-refractivity contribution in [1.29, 1.82) is 0 Å². The van der Waals surface area contributed by atoms with Crippen molar-refractivity contribution in [3.63, 3.8) is 0 Å². The number of halogens is 1. The number of nitrogens with zero attached hydrogens (tertiary/aromatic N) is 1. The molecule has 1 atom stereocenters. The normalized spacial score (nSPS) is 19.9. The second-order valence-corrected chi connectivity index (χ2v) is 5.18. The summed E-state index contributed by atoms with van der Waals surface area (Å²) >= 11 is 0. The van der Waals surface area contributed by atoms with E-state index in [-0.39, 0.29) is 5.82 Å². The van der Waals surface area contributed by atoms with Crippen LogP contribution >= 0.6 is 0 Å². The zero-order valence-electron chi connectivity index (χ0n) is 11.0. The lowest BCUT2D eigenvalue weighted by Crippen LogP contribution is -2.33. The fourth-order valence-corrected chi connectivity index (χ4v) is 2.68.